The molecule has 0 bridgehead atoms. The molecule has 0 fully saturated rings. The van der Waals surface area contributed by atoms with Gasteiger partial charge in [0.15, 0.2) is 0 Å². The first kappa shape index (κ1) is 96.1. The molecule has 23 aromatic rings. The highest BCUT2D eigenvalue weighted by Gasteiger charge is 2.51. The molecule has 6 aliphatic carbocycles. The second kappa shape index (κ2) is 39.8. The molecule has 29 rings (SSSR count). The topological polar surface area (TPSA) is 13.1 Å². The monoisotopic (exact) mass is 1930 g/mol. The summed E-state index contributed by atoms with van der Waals surface area (Å²) in [6.07, 6.45) is 0. The van der Waals surface area contributed by atoms with Crippen molar-refractivity contribution >= 4 is 21.9 Å². The van der Waals surface area contributed by atoms with Crippen molar-refractivity contribution in [1.29, 1.82) is 0 Å². The minimum Gasteiger partial charge on any atom is -0.456 e. The summed E-state index contributed by atoms with van der Waals surface area (Å²) in [6.45, 7) is 24.5. The van der Waals surface area contributed by atoms with Gasteiger partial charge in [0.25, 0.3) is 0 Å². The highest BCUT2D eigenvalue weighted by Crippen LogP contribution is 2.63. The van der Waals surface area contributed by atoms with Gasteiger partial charge in [-0.1, -0.05) is 578 Å². The molecule has 0 atom stereocenters. The number of hydrogen-bond acceptors (Lipinski definition) is 1. The largest absolute Gasteiger partial charge is 0.456 e. The lowest BCUT2D eigenvalue weighted by molar-refractivity contribution is 0.660. The highest BCUT2D eigenvalue weighted by molar-refractivity contribution is 6.06. The van der Waals surface area contributed by atoms with Crippen LogP contribution >= 0.6 is 0 Å². The number of hydrogen-bond donors (Lipinski definition) is 0. The minimum atomic E-state index is -0.264. The Bertz CT molecular complexity index is 8660. The van der Waals surface area contributed by atoms with E-state index in [0.29, 0.717) is 0 Å². The molecule has 0 unspecified atom stereocenters. The normalized spacial score (nSPS) is 14.0. The summed E-state index contributed by atoms with van der Waals surface area (Å²) in [7, 11) is 0. The summed E-state index contributed by atoms with van der Waals surface area (Å²) in [5.74, 6) is 0. The summed E-state index contributed by atoms with van der Waals surface area (Å²) in [5.41, 5.74) is 54.4. The van der Waals surface area contributed by atoms with Crippen LogP contribution in [-0.4, -0.2) is 0 Å². The van der Waals surface area contributed by atoms with Crippen LogP contribution in [-0.2, 0) is 32.5 Å². The van der Waals surface area contributed by atoms with Crippen molar-refractivity contribution in [3.63, 3.8) is 0 Å². The van der Waals surface area contributed by atoms with Crippen LogP contribution in [0.4, 0.5) is 0 Å². The van der Waals surface area contributed by atoms with Crippen LogP contribution in [0.5, 0.6) is 0 Å². The Labute approximate surface area is 885 Å². The van der Waals surface area contributed by atoms with Gasteiger partial charge in [-0.3, -0.25) is 0 Å². The van der Waals surface area contributed by atoms with E-state index in [1.165, 1.54) is 228 Å². The molecule has 0 amide bonds. The number of furan rings is 1. The third kappa shape index (κ3) is 16.0. The molecule has 1 heteroatoms. The molecule has 0 aliphatic heterocycles. The van der Waals surface area contributed by atoms with E-state index >= 15 is 0 Å². The molecule has 0 spiro atoms. The first-order valence-corrected chi connectivity index (χ1v) is 52.9. The molecule has 6 aliphatic rings. The first-order chi connectivity index (χ1) is 73.4. The van der Waals surface area contributed by atoms with E-state index in [0.717, 1.165) is 11.2 Å². The van der Waals surface area contributed by atoms with Gasteiger partial charge in [0.2, 0.25) is 0 Å². The molecular formula is C149H122O. The lowest BCUT2D eigenvalue weighted by Gasteiger charge is -2.34. The average molecular weight is 1930 g/mol. The van der Waals surface area contributed by atoms with Gasteiger partial charge in [-0.15, -0.1) is 0 Å². The Morgan fingerprint density at radius 2 is 0.407 bits per heavy atom. The maximum atomic E-state index is 5.78. The zero-order chi connectivity index (χ0) is 102. The zero-order valence-electron chi connectivity index (χ0n) is 87.3. The lowest BCUT2D eigenvalue weighted by Crippen LogP contribution is -2.29. The lowest BCUT2D eigenvalue weighted by atomic mass is 9.67. The third-order valence-corrected chi connectivity index (χ3v) is 32.8. The number of rotatable bonds is 8. The molecule has 0 N–H and O–H groups in total. The van der Waals surface area contributed by atoms with Crippen LogP contribution < -0.4 is 0 Å². The van der Waals surface area contributed by atoms with Gasteiger partial charge < -0.3 is 4.42 Å². The molecule has 0 radical (unpaired) electrons. The maximum Gasteiger partial charge on any atom is 0.138 e. The third-order valence-electron chi connectivity index (χ3n) is 32.8. The van der Waals surface area contributed by atoms with Crippen LogP contribution in [0.3, 0.4) is 0 Å². The SMILES string of the molecule is Cc1ccc2c(c1)-c1ccccc1C2(C)C.Cc1ccc2c(c1)-c1ccccc1C2(c1ccccc1)c1ccccc1.Cc1ccc2c(c1)C(c1ccccc1)(c1ccccc1)c1ccccc1-2.Cc1cccc2c1-c1ccccc1C2(C)C.Cc1cccc2c1-c1ccccc1C2(c1ccccc1)c1ccccc1.Cc1cccc2c1C(c1ccccc1)(c1ccccc1)c1ccccc1-2.Cc1cccc2c1oc1ccccc12. The highest BCUT2D eigenvalue weighted by atomic mass is 16.3. The molecule has 1 aromatic heterocycles. The Morgan fingerprint density at radius 3 is 0.880 bits per heavy atom. The Hall–Kier alpha value is -17.4. The number of para-hydroxylation sites is 2. The van der Waals surface area contributed by atoms with Gasteiger partial charge in [0, 0.05) is 21.6 Å². The van der Waals surface area contributed by atoms with Crippen molar-refractivity contribution in [3.05, 3.63) is 690 Å². The minimum absolute atomic E-state index is 0.151. The molecule has 22 aromatic carbocycles. The van der Waals surface area contributed by atoms with Crippen LogP contribution in [0.2, 0.25) is 0 Å². The van der Waals surface area contributed by atoms with E-state index in [9.17, 15) is 0 Å². The van der Waals surface area contributed by atoms with Gasteiger partial charge in [0.1, 0.15) is 11.2 Å². The van der Waals surface area contributed by atoms with Crippen molar-refractivity contribution in [2.45, 2.75) is 109 Å². The van der Waals surface area contributed by atoms with E-state index in [1.54, 1.807) is 0 Å². The summed E-state index contributed by atoms with van der Waals surface area (Å²) in [6, 6.07) is 196. The van der Waals surface area contributed by atoms with Gasteiger partial charge >= 0.3 is 0 Å². The van der Waals surface area contributed by atoms with E-state index < -0.39 is 0 Å². The fraction of sp³-hybridized carbons (Fsp3) is 0.114. The van der Waals surface area contributed by atoms with Crippen molar-refractivity contribution in [2.75, 3.05) is 0 Å². The van der Waals surface area contributed by atoms with Crippen molar-refractivity contribution < 1.29 is 4.42 Å². The van der Waals surface area contributed by atoms with Gasteiger partial charge in [-0.05, 0) is 255 Å². The first-order valence-electron chi connectivity index (χ1n) is 52.9. The molecule has 1 nitrogen and oxygen atoms in total. The van der Waals surface area contributed by atoms with Crippen LogP contribution in [0, 0.1) is 48.5 Å². The number of fused-ring (bicyclic) bond motifs is 21. The maximum absolute atomic E-state index is 5.78. The second-order valence-electron chi connectivity index (χ2n) is 42.1. The molecule has 0 saturated carbocycles. The Balaban J connectivity index is 0.0000000970. The van der Waals surface area contributed by atoms with Crippen LogP contribution in [0.25, 0.3) is 88.7 Å². The van der Waals surface area contributed by atoms with E-state index in [-0.39, 0.29) is 32.5 Å². The van der Waals surface area contributed by atoms with Crippen molar-refractivity contribution in [3.8, 4) is 66.8 Å². The van der Waals surface area contributed by atoms with Gasteiger partial charge in [0.05, 0.1) is 21.7 Å². The van der Waals surface area contributed by atoms with E-state index in [4.69, 9.17) is 4.42 Å². The predicted octanol–water partition coefficient (Wildman–Crippen LogP) is 37.9. The zero-order valence-corrected chi connectivity index (χ0v) is 87.3. The standard InChI is InChI=1S/4C26H20.2C16H16.C13H10O/c1-19-11-10-17-23-22-16-8-9-18-24(22)26(25(19)23,20-12-4-2-5-13-20)21-14-6-3-7-15-21;1-19-11-10-18-24-25(19)22-16-8-9-17-23(22)26(24,20-12-4-2-5-13-20)21-14-6-3-7-15-21;1-19-16-17-25-23(18-19)22-14-8-9-15-24(22)26(25,20-10-4-2-5-11-20)21-12-6-3-7-13-21;1-19-16-17-23-22-14-8-9-15-24(22)26(25(23)18-19,20-10-4-2-5-11-20)21-12-6-3-7-13-21;1-11-7-6-10-14-15(11)12-8-4-5-9-13(12)16(14,2)3;1-11-8-9-15-13(10-11)12-6-4-5-7-14(12)16(15,2)3;1-9-5-4-7-11-10-6-2-3-8-12(10)14-13(9)11/h4*2-18H,1H3;2*4-10H,1-3H3;2-8H,1H3. The summed E-state index contributed by atoms with van der Waals surface area (Å²) >= 11 is 0. The number of aryl methyl sites for hydroxylation is 7. The summed E-state index contributed by atoms with van der Waals surface area (Å²) in [5, 5.41) is 2.41. The van der Waals surface area contributed by atoms with Crippen molar-refractivity contribution in [1.82, 2.24) is 0 Å². The number of benzene rings is 22. The average Bonchev–Trinajstić information content (AvgIpc) is 1.54. The smallest absolute Gasteiger partial charge is 0.138 e. The summed E-state index contributed by atoms with van der Waals surface area (Å²) < 4.78 is 5.78. The van der Waals surface area contributed by atoms with Crippen LogP contribution in [0.1, 0.15) is 178 Å². The quantitative estimate of drug-likeness (QED) is 0.148. The van der Waals surface area contributed by atoms with E-state index in [2.05, 4.69) is 598 Å². The predicted molar refractivity (Wildman–Crippen MR) is 630 cm³/mol. The molecule has 1 heterocycles. The Kier molecular flexibility index (Phi) is 25.5. The molecule has 150 heavy (non-hydrogen) atoms. The van der Waals surface area contributed by atoms with Gasteiger partial charge in [-0.2, -0.15) is 0 Å². The molecular weight excluding hydrogens is 1810 g/mol. The molecule has 0 saturated heterocycles. The molecule has 724 valence electrons. The van der Waals surface area contributed by atoms with Crippen molar-refractivity contribution in [2.24, 2.45) is 0 Å². The summed E-state index contributed by atoms with van der Waals surface area (Å²) in [4.78, 5) is 0. The second-order valence-corrected chi connectivity index (χ2v) is 42.1. The fourth-order valence-corrected chi connectivity index (χ4v) is 26.2. The van der Waals surface area contributed by atoms with Gasteiger partial charge in [-0.25, -0.2) is 0 Å². The fourth-order valence-electron chi connectivity index (χ4n) is 26.2. The van der Waals surface area contributed by atoms with E-state index in [1.807, 2.05) is 18.2 Å². The Morgan fingerprint density at radius 1 is 0.153 bits per heavy atom. The van der Waals surface area contributed by atoms with Crippen LogP contribution in [0.15, 0.2) is 544 Å².